The number of rotatable bonds is 2. The van der Waals surface area contributed by atoms with E-state index < -0.39 is 0 Å². The minimum atomic E-state index is 0.487. The summed E-state index contributed by atoms with van der Waals surface area (Å²) in [5.41, 5.74) is 1.97. The summed E-state index contributed by atoms with van der Waals surface area (Å²) < 4.78 is 0. The van der Waals surface area contributed by atoms with Crippen molar-refractivity contribution in [2.45, 2.75) is 0 Å². The smallest absolute Gasteiger partial charge is 0.198 e. The Balaban J connectivity index is 2.51. The summed E-state index contributed by atoms with van der Waals surface area (Å²) in [4.78, 5) is 11.6. The fourth-order valence-electron chi connectivity index (χ4n) is 1.45. The van der Waals surface area contributed by atoms with Crippen LogP contribution in [0, 0.1) is 0 Å². The predicted octanol–water partition coefficient (Wildman–Crippen LogP) is 2.18. The lowest BCUT2D eigenvalue weighted by molar-refractivity contribution is 0.213. The highest BCUT2D eigenvalue weighted by Gasteiger charge is 2.03. The molecule has 0 saturated heterocycles. The van der Waals surface area contributed by atoms with Crippen molar-refractivity contribution in [3.8, 4) is 0 Å². The molecule has 1 N–H and O–H groups in total. The Kier molecular flexibility index (Phi) is 2.49. The normalized spacial score (nSPS) is 11.7. The van der Waals surface area contributed by atoms with Gasteiger partial charge in [0.1, 0.15) is 7.11 Å². The van der Waals surface area contributed by atoms with E-state index in [2.05, 4.69) is 26.7 Å². The number of benzene rings is 1. The largest absolute Gasteiger partial charge is 0.397 e. The van der Waals surface area contributed by atoms with Crippen molar-refractivity contribution in [3.05, 3.63) is 36.0 Å². The molecule has 76 valence electrons. The lowest BCUT2D eigenvalue weighted by Gasteiger charge is -1.99. The van der Waals surface area contributed by atoms with E-state index in [-0.39, 0.29) is 0 Å². The van der Waals surface area contributed by atoms with Crippen molar-refractivity contribution >= 4 is 23.5 Å². The van der Waals surface area contributed by atoms with Crippen molar-refractivity contribution in [1.29, 1.82) is 0 Å². The van der Waals surface area contributed by atoms with Crippen molar-refractivity contribution in [3.63, 3.8) is 0 Å². The Morgan fingerprint density at radius 1 is 1.40 bits per heavy atom. The Morgan fingerprint density at radius 2 is 2.27 bits per heavy atom. The second-order valence-electron chi connectivity index (χ2n) is 3.04. The Labute approximate surface area is 87.3 Å². The van der Waals surface area contributed by atoms with Crippen LogP contribution in [0.3, 0.4) is 0 Å². The lowest BCUT2D eigenvalue weighted by atomic mass is 10.1. The van der Waals surface area contributed by atoms with Gasteiger partial charge in [-0.15, -0.1) is 0 Å². The summed E-state index contributed by atoms with van der Waals surface area (Å²) in [6, 6.07) is 7.87. The molecule has 0 fully saturated rings. The summed E-state index contributed by atoms with van der Waals surface area (Å²) in [6.45, 7) is 3.46. The minimum Gasteiger partial charge on any atom is -0.397 e. The highest BCUT2D eigenvalue weighted by molar-refractivity contribution is 6.03. The highest BCUT2D eigenvalue weighted by Crippen LogP contribution is 2.15. The van der Waals surface area contributed by atoms with Crippen molar-refractivity contribution < 1.29 is 4.84 Å². The van der Waals surface area contributed by atoms with E-state index in [1.165, 1.54) is 7.11 Å². The summed E-state index contributed by atoms with van der Waals surface area (Å²) in [5, 5.41) is 4.89. The molecule has 0 atom stereocenters. The zero-order valence-corrected chi connectivity index (χ0v) is 8.40. The Hall–Kier alpha value is -2.10. The summed E-state index contributed by atoms with van der Waals surface area (Å²) in [6.07, 6.45) is 1.89. The molecule has 15 heavy (non-hydrogen) atoms. The van der Waals surface area contributed by atoms with Crippen LogP contribution in [0.25, 0.3) is 10.9 Å². The van der Waals surface area contributed by atoms with Gasteiger partial charge in [0.15, 0.2) is 5.84 Å². The maximum Gasteiger partial charge on any atom is 0.198 e. The number of hydrogen-bond acceptors (Lipinski definition) is 2. The fraction of sp³-hybridized carbons (Fsp3) is 0.0909. The molecule has 4 heteroatoms. The zero-order valence-electron chi connectivity index (χ0n) is 8.40. The number of aliphatic imine (C=N–C) groups is 1. The maximum absolute atomic E-state index is 4.69. The van der Waals surface area contributed by atoms with E-state index in [1.807, 2.05) is 30.5 Å². The van der Waals surface area contributed by atoms with Gasteiger partial charge in [-0.3, -0.25) is 0 Å². The maximum atomic E-state index is 4.69. The van der Waals surface area contributed by atoms with E-state index in [0.29, 0.717) is 5.84 Å². The Bertz CT molecular complexity index is 513. The average Bonchev–Trinajstić information content (AvgIpc) is 2.72. The standard InChI is InChI=1S/C11H11N3O/c1-12-11(14-15-2)9-3-4-10-8(7-9)5-6-13-10/h3-7,13H,1H2,2H3/b14-11-. The third-order valence-corrected chi connectivity index (χ3v) is 2.14. The molecule has 1 heterocycles. The number of H-pyrrole nitrogens is 1. The van der Waals surface area contributed by atoms with Gasteiger partial charge in [-0.1, -0.05) is 5.16 Å². The highest BCUT2D eigenvalue weighted by atomic mass is 16.6. The molecule has 0 aliphatic carbocycles. The molecule has 0 aliphatic heterocycles. The van der Waals surface area contributed by atoms with Gasteiger partial charge in [-0.05, 0) is 31.0 Å². The first-order valence-electron chi connectivity index (χ1n) is 4.50. The minimum absolute atomic E-state index is 0.487. The second-order valence-corrected chi connectivity index (χ2v) is 3.04. The van der Waals surface area contributed by atoms with Crippen LogP contribution in [0.2, 0.25) is 0 Å². The third-order valence-electron chi connectivity index (χ3n) is 2.14. The molecule has 0 amide bonds. The van der Waals surface area contributed by atoms with Gasteiger partial charge in [0.25, 0.3) is 0 Å². The molecular weight excluding hydrogens is 190 g/mol. The third kappa shape index (κ3) is 1.74. The predicted molar refractivity (Wildman–Crippen MR) is 61.4 cm³/mol. The van der Waals surface area contributed by atoms with Gasteiger partial charge in [-0.25, -0.2) is 4.99 Å². The molecule has 0 bridgehead atoms. The van der Waals surface area contributed by atoms with Crippen LogP contribution in [0.15, 0.2) is 40.6 Å². The molecule has 1 aromatic heterocycles. The van der Waals surface area contributed by atoms with Crippen molar-refractivity contribution in [1.82, 2.24) is 4.98 Å². The number of oxime groups is 1. The van der Waals surface area contributed by atoms with Crippen LogP contribution in [0.5, 0.6) is 0 Å². The van der Waals surface area contributed by atoms with Gasteiger partial charge >= 0.3 is 0 Å². The molecule has 2 aromatic rings. The molecule has 1 aromatic carbocycles. The van der Waals surface area contributed by atoms with E-state index in [9.17, 15) is 0 Å². The SMILES string of the molecule is C=N/C(=N\OC)c1ccc2[nH]ccc2c1. The van der Waals surface area contributed by atoms with E-state index in [1.54, 1.807) is 0 Å². The number of hydrogen-bond donors (Lipinski definition) is 1. The van der Waals surface area contributed by atoms with Crippen LogP contribution < -0.4 is 0 Å². The van der Waals surface area contributed by atoms with Crippen LogP contribution in [-0.4, -0.2) is 24.6 Å². The van der Waals surface area contributed by atoms with E-state index in [4.69, 9.17) is 0 Å². The number of aromatic nitrogens is 1. The molecule has 0 radical (unpaired) electrons. The van der Waals surface area contributed by atoms with Crippen molar-refractivity contribution in [2.24, 2.45) is 10.1 Å². The fourth-order valence-corrected chi connectivity index (χ4v) is 1.45. The zero-order chi connectivity index (χ0) is 10.7. The molecule has 0 saturated carbocycles. The van der Waals surface area contributed by atoms with Gasteiger partial charge in [0.05, 0.1) is 0 Å². The van der Waals surface area contributed by atoms with Crippen LogP contribution in [0.1, 0.15) is 5.56 Å². The molecule has 4 nitrogen and oxygen atoms in total. The van der Waals surface area contributed by atoms with Gasteiger partial charge in [-0.2, -0.15) is 0 Å². The number of fused-ring (bicyclic) bond motifs is 1. The first kappa shape index (κ1) is 9.45. The van der Waals surface area contributed by atoms with Gasteiger partial charge < -0.3 is 9.82 Å². The topological polar surface area (TPSA) is 49.7 Å². The summed E-state index contributed by atoms with van der Waals surface area (Å²) >= 11 is 0. The lowest BCUT2D eigenvalue weighted by Crippen LogP contribution is -1.96. The second kappa shape index (κ2) is 3.96. The van der Waals surface area contributed by atoms with E-state index in [0.717, 1.165) is 16.5 Å². The number of aromatic amines is 1. The van der Waals surface area contributed by atoms with Crippen molar-refractivity contribution in [2.75, 3.05) is 7.11 Å². The molecule has 2 rings (SSSR count). The molecule has 0 aliphatic rings. The molecule has 0 spiro atoms. The molecule has 0 unspecified atom stereocenters. The number of nitrogens with one attached hydrogen (secondary N) is 1. The molecular formula is C11H11N3O. The Morgan fingerprint density at radius 3 is 3.00 bits per heavy atom. The quantitative estimate of drug-likeness (QED) is 0.452. The number of nitrogens with zero attached hydrogens (tertiary/aromatic N) is 2. The van der Waals surface area contributed by atoms with E-state index >= 15 is 0 Å². The van der Waals surface area contributed by atoms with Gasteiger partial charge in [0.2, 0.25) is 0 Å². The van der Waals surface area contributed by atoms with Crippen LogP contribution in [0.4, 0.5) is 0 Å². The summed E-state index contributed by atoms with van der Waals surface area (Å²) in [5.74, 6) is 0.487. The monoisotopic (exact) mass is 201 g/mol. The van der Waals surface area contributed by atoms with Crippen LogP contribution >= 0.6 is 0 Å². The number of amidine groups is 1. The summed E-state index contributed by atoms with van der Waals surface area (Å²) in [7, 11) is 1.49. The van der Waals surface area contributed by atoms with Crippen LogP contribution in [-0.2, 0) is 4.84 Å². The average molecular weight is 201 g/mol. The first-order valence-corrected chi connectivity index (χ1v) is 4.50. The first-order chi connectivity index (χ1) is 7.35. The van der Waals surface area contributed by atoms with Gasteiger partial charge in [0, 0.05) is 22.7 Å².